The van der Waals surface area contributed by atoms with Crippen molar-refractivity contribution < 1.29 is 14.6 Å². The Morgan fingerprint density at radius 3 is 2.35 bits per heavy atom. The molecule has 0 saturated carbocycles. The van der Waals surface area contributed by atoms with E-state index < -0.39 is 5.41 Å². The highest BCUT2D eigenvalue weighted by molar-refractivity contribution is 5.47. The molecule has 0 aliphatic rings. The molecule has 4 nitrogen and oxygen atoms in total. The van der Waals surface area contributed by atoms with E-state index in [-0.39, 0.29) is 12.5 Å². The molecular formula is C16H23NO3. The quantitative estimate of drug-likeness (QED) is 0.832. The molecule has 0 heterocycles. The van der Waals surface area contributed by atoms with Crippen molar-refractivity contribution in [1.82, 2.24) is 0 Å². The maximum atomic E-state index is 9.71. The molecule has 1 aromatic rings. The van der Waals surface area contributed by atoms with Crippen LogP contribution < -0.4 is 9.47 Å². The minimum Gasteiger partial charge on any atom is -0.493 e. The summed E-state index contributed by atoms with van der Waals surface area (Å²) in [5.74, 6) is 1.40. The Hall–Kier alpha value is -1.73. The number of benzene rings is 1. The van der Waals surface area contributed by atoms with Crippen molar-refractivity contribution >= 4 is 0 Å². The third-order valence-corrected chi connectivity index (χ3v) is 3.81. The molecule has 0 unspecified atom stereocenters. The number of rotatable bonds is 7. The van der Waals surface area contributed by atoms with Gasteiger partial charge in [-0.2, -0.15) is 5.26 Å². The SMILES string of the molecule is COc1ccc([C@](C#N)(CCCO)C(C)C)cc1OC. The highest BCUT2D eigenvalue weighted by Crippen LogP contribution is 2.40. The van der Waals surface area contributed by atoms with Crippen molar-refractivity contribution in [2.24, 2.45) is 5.92 Å². The number of ether oxygens (including phenoxy) is 2. The van der Waals surface area contributed by atoms with Crippen LogP contribution in [-0.2, 0) is 5.41 Å². The summed E-state index contributed by atoms with van der Waals surface area (Å²) in [5.41, 5.74) is 0.281. The number of hydrogen-bond acceptors (Lipinski definition) is 4. The lowest BCUT2D eigenvalue weighted by Gasteiger charge is -2.31. The van der Waals surface area contributed by atoms with Crippen LogP contribution in [0.2, 0.25) is 0 Å². The molecule has 1 N–H and O–H groups in total. The van der Waals surface area contributed by atoms with Crippen molar-refractivity contribution in [3.05, 3.63) is 23.8 Å². The molecule has 0 radical (unpaired) electrons. The molecule has 4 heteroatoms. The van der Waals surface area contributed by atoms with Gasteiger partial charge in [0.1, 0.15) is 0 Å². The van der Waals surface area contributed by atoms with Crippen LogP contribution in [-0.4, -0.2) is 25.9 Å². The largest absolute Gasteiger partial charge is 0.493 e. The molecule has 1 rings (SSSR count). The first-order valence-electron chi connectivity index (χ1n) is 6.80. The van der Waals surface area contributed by atoms with E-state index in [9.17, 15) is 5.26 Å². The van der Waals surface area contributed by atoms with Gasteiger partial charge in [-0.15, -0.1) is 0 Å². The molecular weight excluding hydrogens is 254 g/mol. The summed E-state index contributed by atoms with van der Waals surface area (Å²) < 4.78 is 10.5. The zero-order valence-corrected chi connectivity index (χ0v) is 12.6. The molecule has 20 heavy (non-hydrogen) atoms. The first-order valence-corrected chi connectivity index (χ1v) is 6.80. The number of aliphatic hydroxyl groups is 1. The molecule has 0 amide bonds. The zero-order chi connectivity index (χ0) is 15.2. The van der Waals surface area contributed by atoms with Crippen molar-refractivity contribution in [2.45, 2.75) is 32.1 Å². The van der Waals surface area contributed by atoms with Gasteiger partial charge < -0.3 is 14.6 Å². The van der Waals surface area contributed by atoms with Crippen LogP contribution in [0.5, 0.6) is 11.5 Å². The van der Waals surface area contributed by atoms with Gasteiger partial charge in [0.25, 0.3) is 0 Å². The number of nitrogens with zero attached hydrogens (tertiary/aromatic N) is 1. The van der Waals surface area contributed by atoms with Gasteiger partial charge in [-0.05, 0) is 36.5 Å². The first-order chi connectivity index (χ1) is 9.55. The Bertz CT molecular complexity index is 479. The Labute approximate surface area is 120 Å². The van der Waals surface area contributed by atoms with Crippen LogP contribution in [0.3, 0.4) is 0 Å². The summed E-state index contributed by atoms with van der Waals surface area (Å²) in [6.07, 6.45) is 1.22. The van der Waals surface area contributed by atoms with Gasteiger partial charge in [0.05, 0.1) is 25.7 Å². The van der Waals surface area contributed by atoms with E-state index >= 15 is 0 Å². The number of methoxy groups -OCH3 is 2. The van der Waals surface area contributed by atoms with Crippen molar-refractivity contribution in [3.63, 3.8) is 0 Å². The molecule has 1 atom stereocenters. The van der Waals surface area contributed by atoms with Crippen molar-refractivity contribution in [1.29, 1.82) is 5.26 Å². The van der Waals surface area contributed by atoms with Crippen LogP contribution in [0.25, 0.3) is 0 Å². The van der Waals surface area contributed by atoms with Gasteiger partial charge in [-0.3, -0.25) is 0 Å². The second kappa shape index (κ2) is 7.16. The molecule has 0 fully saturated rings. The molecule has 0 aliphatic carbocycles. The average molecular weight is 277 g/mol. The van der Waals surface area contributed by atoms with E-state index in [0.717, 1.165) is 5.56 Å². The van der Waals surface area contributed by atoms with Crippen LogP contribution in [0.1, 0.15) is 32.3 Å². The minimum atomic E-state index is -0.623. The van der Waals surface area contributed by atoms with Crippen LogP contribution >= 0.6 is 0 Å². The predicted molar refractivity (Wildman–Crippen MR) is 78.0 cm³/mol. The van der Waals surface area contributed by atoms with E-state index in [2.05, 4.69) is 6.07 Å². The van der Waals surface area contributed by atoms with E-state index in [4.69, 9.17) is 14.6 Å². The standard InChI is InChI=1S/C16H23NO3/c1-12(2)16(11-17,8-5-9-18)13-6-7-14(19-3)15(10-13)20-4/h6-7,10,12,18H,5,8-9H2,1-4H3/t16-/m0/s1. The lowest BCUT2D eigenvalue weighted by Crippen LogP contribution is -2.31. The summed E-state index contributed by atoms with van der Waals surface area (Å²) in [4.78, 5) is 0. The van der Waals surface area contributed by atoms with Crippen LogP contribution in [0, 0.1) is 17.2 Å². The Balaban J connectivity index is 3.31. The van der Waals surface area contributed by atoms with E-state index in [1.165, 1.54) is 0 Å². The zero-order valence-electron chi connectivity index (χ0n) is 12.6. The average Bonchev–Trinajstić information content (AvgIpc) is 2.47. The molecule has 110 valence electrons. The summed E-state index contributed by atoms with van der Waals surface area (Å²) in [6.45, 7) is 4.14. The normalized spacial score (nSPS) is 13.7. The maximum absolute atomic E-state index is 9.71. The fourth-order valence-corrected chi connectivity index (χ4v) is 2.49. The maximum Gasteiger partial charge on any atom is 0.161 e. The van der Waals surface area contributed by atoms with Gasteiger partial charge >= 0.3 is 0 Å². The van der Waals surface area contributed by atoms with E-state index in [1.807, 2.05) is 32.0 Å². The van der Waals surface area contributed by atoms with Gasteiger partial charge in [-0.25, -0.2) is 0 Å². The van der Waals surface area contributed by atoms with Crippen molar-refractivity contribution in [2.75, 3.05) is 20.8 Å². The second-order valence-electron chi connectivity index (χ2n) is 5.13. The summed E-state index contributed by atoms with van der Waals surface area (Å²) in [7, 11) is 3.17. The van der Waals surface area contributed by atoms with Gasteiger partial charge in [0.15, 0.2) is 11.5 Å². The third kappa shape index (κ3) is 3.05. The van der Waals surface area contributed by atoms with E-state index in [0.29, 0.717) is 24.3 Å². The topological polar surface area (TPSA) is 62.5 Å². The van der Waals surface area contributed by atoms with Crippen LogP contribution in [0.4, 0.5) is 0 Å². The summed E-state index contributed by atoms with van der Waals surface area (Å²) in [5, 5.41) is 18.8. The lowest BCUT2D eigenvalue weighted by atomic mass is 9.70. The molecule has 0 aliphatic heterocycles. The Morgan fingerprint density at radius 1 is 1.25 bits per heavy atom. The van der Waals surface area contributed by atoms with Gasteiger partial charge in [-0.1, -0.05) is 19.9 Å². The number of hydrogen-bond donors (Lipinski definition) is 1. The van der Waals surface area contributed by atoms with Crippen molar-refractivity contribution in [3.8, 4) is 17.6 Å². The number of aliphatic hydroxyl groups excluding tert-OH is 1. The summed E-state index contributed by atoms with van der Waals surface area (Å²) >= 11 is 0. The molecule has 0 bridgehead atoms. The fraction of sp³-hybridized carbons (Fsp3) is 0.562. The first kappa shape index (κ1) is 16.3. The highest BCUT2D eigenvalue weighted by Gasteiger charge is 2.36. The molecule has 0 saturated heterocycles. The highest BCUT2D eigenvalue weighted by atomic mass is 16.5. The smallest absolute Gasteiger partial charge is 0.161 e. The molecule has 0 aromatic heterocycles. The third-order valence-electron chi connectivity index (χ3n) is 3.81. The van der Waals surface area contributed by atoms with Gasteiger partial charge in [0.2, 0.25) is 0 Å². The fourth-order valence-electron chi connectivity index (χ4n) is 2.49. The monoisotopic (exact) mass is 277 g/mol. The predicted octanol–water partition coefficient (Wildman–Crippen LogP) is 2.89. The van der Waals surface area contributed by atoms with E-state index in [1.54, 1.807) is 14.2 Å². The minimum absolute atomic E-state index is 0.0867. The molecule has 0 spiro atoms. The van der Waals surface area contributed by atoms with Gasteiger partial charge in [0, 0.05) is 6.61 Å². The second-order valence-corrected chi connectivity index (χ2v) is 5.13. The van der Waals surface area contributed by atoms with Crippen LogP contribution in [0.15, 0.2) is 18.2 Å². The Morgan fingerprint density at radius 2 is 1.90 bits per heavy atom. The Kier molecular flexibility index (Phi) is 5.84. The summed E-state index contributed by atoms with van der Waals surface area (Å²) in [6, 6.07) is 8.03. The number of nitriles is 1. The lowest BCUT2D eigenvalue weighted by molar-refractivity contribution is 0.256. The molecule has 1 aromatic carbocycles.